The molecule has 0 aromatic carbocycles. The molecule has 0 unspecified atom stereocenters. The van der Waals surface area contributed by atoms with Gasteiger partial charge in [0.15, 0.2) is 5.78 Å². The van der Waals surface area contributed by atoms with Crippen LogP contribution in [0.1, 0.15) is 31.2 Å². The highest BCUT2D eigenvalue weighted by molar-refractivity contribution is 5.95. The highest BCUT2D eigenvalue weighted by Crippen LogP contribution is 2.17. The van der Waals surface area contributed by atoms with Gasteiger partial charge in [0.05, 0.1) is 17.8 Å². The molecule has 0 radical (unpaired) electrons. The van der Waals surface area contributed by atoms with Crippen molar-refractivity contribution >= 4 is 12.0 Å². The van der Waals surface area contributed by atoms with E-state index >= 15 is 0 Å². The topological polar surface area (TPSA) is 34.9 Å². The molecule has 0 bridgehead atoms. The summed E-state index contributed by atoms with van der Waals surface area (Å²) in [6.07, 6.45) is 3.79. The predicted molar refractivity (Wildman–Crippen MR) is 50.4 cm³/mol. The van der Waals surface area contributed by atoms with E-state index in [-0.39, 0.29) is 5.78 Å². The van der Waals surface area contributed by atoms with Gasteiger partial charge in [-0.1, -0.05) is 13.8 Å². The lowest BCUT2D eigenvalue weighted by molar-refractivity contribution is -0.114. The quantitative estimate of drug-likeness (QED) is 0.651. The first kappa shape index (κ1) is 8.23. The molecule has 13 heavy (non-hydrogen) atoms. The van der Waals surface area contributed by atoms with Crippen LogP contribution in [0.5, 0.6) is 0 Å². The van der Waals surface area contributed by atoms with E-state index in [9.17, 15) is 4.79 Å². The zero-order chi connectivity index (χ0) is 9.42. The van der Waals surface area contributed by atoms with Crippen LogP contribution in [0.2, 0.25) is 0 Å². The van der Waals surface area contributed by atoms with Crippen molar-refractivity contribution in [2.45, 2.75) is 26.2 Å². The predicted octanol–water partition coefficient (Wildman–Crippen LogP) is 1.60. The molecule has 1 aromatic rings. The SMILES string of the molecule is CC(C)c1cc2n(n1)C=CC(=O)C2. The van der Waals surface area contributed by atoms with Gasteiger partial charge in [0, 0.05) is 6.20 Å². The Bertz CT molecular complexity index is 374. The lowest BCUT2D eigenvalue weighted by Crippen LogP contribution is -2.09. The minimum Gasteiger partial charge on any atom is -0.294 e. The molecular weight excluding hydrogens is 164 g/mol. The molecule has 1 aliphatic rings. The van der Waals surface area contributed by atoms with Crippen LogP contribution in [-0.4, -0.2) is 15.6 Å². The molecule has 1 aromatic heterocycles. The number of carbonyl (C=O) groups excluding carboxylic acids is 1. The molecule has 3 nitrogen and oxygen atoms in total. The molecule has 1 aliphatic heterocycles. The van der Waals surface area contributed by atoms with Crippen LogP contribution in [0.15, 0.2) is 12.1 Å². The highest BCUT2D eigenvalue weighted by atomic mass is 16.1. The molecule has 0 aliphatic carbocycles. The summed E-state index contributed by atoms with van der Waals surface area (Å²) in [6, 6.07) is 2.01. The normalized spacial score (nSPS) is 15.2. The third kappa shape index (κ3) is 1.41. The molecule has 0 N–H and O–H groups in total. The molecule has 0 amide bonds. The van der Waals surface area contributed by atoms with E-state index in [1.165, 1.54) is 0 Å². The smallest absolute Gasteiger partial charge is 0.163 e. The van der Waals surface area contributed by atoms with E-state index in [4.69, 9.17) is 0 Å². The third-order valence-electron chi connectivity index (χ3n) is 2.18. The van der Waals surface area contributed by atoms with Gasteiger partial charge in [-0.3, -0.25) is 4.79 Å². The van der Waals surface area contributed by atoms with E-state index in [0.29, 0.717) is 12.3 Å². The van der Waals surface area contributed by atoms with Crippen LogP contribution < -0.4 is 0 Å². The summed E-state index contributed by atoms with van der Waals surface area (Å²) < 4.78 is 1.79. The first-order chi connectivity index (χ1) is 6.16. The minimum absolute atomic E-state index is 0.155. The average Bonchev–Trinajstić information content (AvgIpc) is 2.46. The molecule has 0 fully saturated rings. The lowest BCUT2D eigenvalue weighted by Gasteiger charge is -2.03. The zero-order valence-electron chi connectivity index (χ0n) is 7.82. The monoisotopic (exact) mass is 176 g/mol. The van der Waals surface area contributed by atoms with Crippen LogP contribution in [0.25, 0.3) is 6.20 Å². The summed E-state index contributed by atoms with van der Waals surface area (Å²) in [5.41, 5.74) is 2.05. The van der Waals surface area contributed by atoms with Crippen molar-refractivity contribution in [1.29, 1.82) is 0 Å². The standard InChI is InChI=1S/C10H12N2O/c1-7(2)10-6-8-5-9(13)3-4-12(8)11-10/h3-4,6-7H,5H2,1-2H3. The fourth-order valence-corrected chi connectivity index (χ4v) is 1.39. The number of aromatic nitrogens is 2. The van der Waals surface area contributed by atoms with Gasteiger partial charge in [0.25, 0.3) is 0 Å². The number of allylic oxidation sites excluding steroid dienone is 1. The largest absolute Gasteiger partial charge is 0.294 e. The summed E-state index contributed by atoms with van der Waals surface area (Å²) in [7, 11) is 0. The summed E-state index contributed by atoms with van der Waals surface area (Å²) in [5.74, 6) is 0.573. The minimum atomic E-state index is 0.155. The number of rotatable bonds is 1. The van der Waals surface area contributed by atoms with Crippen molar-refractivity contribution in [2.24, 2.45) is 0 Å². The van der Waals surface area contributed by atoms with E-state index in [2.05, 4.69) is 18.9 Å². The molecule has 3 heteroatoms. The fraction of sp³-hybridized carbons (Fsp3) is 0.400. The van der Waals surface area contributed by atoms with E-state index < -0.39 is 0 Å². The Balaban J connectivity index is 2.41. The van der Waals surface area contributed by atoms with Gasteiger partial charge in [-0.15, -0.1) is 0 Å². The zero-order valence-corrected chi connectivity index (χ0v) is 7.82. The van der Waals surface area contributed by atoms with Crippen molar-refractivity contribution in [3.8, 4) is 0 Å². The van der Waals surface area contributed by atoms with E-state index in [0.717, 1.165) is 11.4 Å². The van der Waals surface area contributed by atoms with Gasteiger partial charge in [-0.2, -0.15) is 5.10 Å². The number of hydrogen-bond acceptors (Lipinski definition) is 2. The summed E-state index contributed by atoms with van der Waals surface area (Å²) >= 11 is 0. The average molecular weight is 176 g/mol. The second kappa shape index (κ2) is 2.83. The Morgan fingerprint density at radius 3 is 3.00 bits per heavy atom. The van der Waals surface area contributed by atoms with Gasteiger partial charge >= 0.3 is 0 Å². The second-order valence-electron chi connectivity index (χ2n) is 3.62. The number of nitrogens with zero attached hydrogens (tertiary/aromatic N) is 2. The summed E-state index contributed by atoms with van der Waals surface area (Å²) in [5, 5.41) is 4.36. The number of hydrogen-bond donors (Lipinski definition) is 0. The molecule has 0 saturated heterocycles. The maximum absolute atomic E-state index is 11.1. The Morgan fingerprint density at radius 2 is 2.31 bits per heavy atom. The van der Waals surface area contributed by atoms with E-state index in [1.54, 1.807) is 17.0 Å². The molecule has 0 atom stereocenters. The Labute approximate surface area is 77.1 Å². The van der Waals surface area contributed by atoms with Crippen molar-refractivity contribution in [3.05, 3.63) is 23.5 Å². The van der Waals surface area contributed by atoms with Crippen LogP contribution >= 0.6 is 0 Å². The van der Waals surface area contributed by atoms with Crippen molar-refractivity contribution in [2.75, 3.05) is 0 Å². The first-order valence-corrected chi connectivity index (χ1v) is 4.46. The highest BCUT2D eigenvalue weighted by Gasteiger charge is 2.14. The Kier molecular flexibility index (Phi) is 1.79. The lowest BCUT2D eigenvalue weighted by atomic mass is 10.1. The van der Waals surface area contributed by atoms with Crippen LogP contribution in [0.3, 0.4) is 0 Å². The van der Waals surface area contributed by atoms with E-state index in [1.807, 2.05) is 6.07 Å². The molecule has 0 spiro atoms. The van der Waals surface area contributed by atoms with Gasteiger partial charge in [-0.25, -0.2) is 4.68 Å². The van der Waals surface area contributed by atoms with Crippen molar-refractivity contribution in [3.63, 3.8) is 0 Å². The third-order valence-corrected chi connectivity index (χ3v) is 2.18. The van der Waals surface area contributed by atoms with Crippen molar-refractivity contribution in [1.82, 2.24) is 9.78 Å². The molecular formula is C10H12N2O. The number of fused-ring (bicyclic) bond motifs is 1. The molecule has 2 rings (SSSR count). The number of carbonyl (C=O) groups is 1. The van der Waals surface area contributed by atoms with Gasteiger partial charge < -0.3 is 0 Å². The molecule has 2 heterocycles. The van der Waals surface area contributed by atoms with Gasteiger partial charge in [0.2, 0.25) is 0 Å². The number of ketones is 1. The van der Waals surface area contributed by atoms with Crippen LogP contribution in [0.4, 0.5) is 0 Å². The Hall–Kier alpha value is -1.38. The van der Waals surface area contributed by atoms with Crippen molar-refractivity contribution < 1.29 is 4.79 Å². The second-order valence-corrected chi connectivity index (χ2v) is 3.62. The Morgan fingerprint density at radius 1 is 1.54 bits per heavy atom. The molecule has 68 valence electrons. The summed E-state index contributed by atoms with van der Waals surface area (Å²) in [6.45, 7) is 4.19. The fourth-order valence-electron chi connectivity index (χ4n) is 1.39. The summed E-state index contributed by atoms with van der Waals surface area (Å²) in [4.78, 5) is 11.1. The molecule has 0 saturated carbocycles. The maximum atomic E-state index is 11.1. The van der Waals surface area contributed by atoms with Crippen LogP contribution in [-0.2, 0) is 11.2 Å². The van der Waals surface area contributed by atoms with Gasteiger partial charge in [0.1, 0.15) is 0 Å². The first-order valence-electron chi connectivity index (χ1n) is 4.46. The van der Waals surface area contributed by atoms with Gasteiger partial charge in [-0.05, 0) is 18.1 Å². The van der Waals surface area contributed by atoms with Crippen LogP contribution in [0, 0.1) is 0 Å². The maximum Gasteiger partial charge on any atom is 0.163 e.